The lowest BCUT2D eigenvalue weighted by Gasteiger charge is -2.32. The van der Waals surface area contributed by atoms with Gasteiger partial charge < -0.3 is 10.6 Å². The second-order valence-electron chi connectivity index (χ2n) is 7.54. The molecule has 1 unspecified atom stereocenters. The van der Waals surface area contributed by atoms with E-state index < -0.39 is 29.2 Å². The van der Waals surface area contributed by atoms with Gasteiger partial charge in [-0.15, -0.1) is 0 Å². The number of carbonyl (C=O) groups excluding carboxylic acids is 2. The molecule has 0 saturated carbocycles. The van der Waals surface area contributed by atoms with Gasteiger partial charge in [0, 0.05) is 18.8 Å². The smallest absolute Gasteiger partial charge is 0.325 e. The van der Waals surface area contributed by atoms with E-state index in [2.05, 4.69) is 15.7 Å². The molecule has 3 rings (SSSR count). The number of piperidine rings is 1. The summed E-state index contributed by atoms with van der Waals surface area (Å²) in [6, 6.07) is 3.77. The third-order valence-electron chi connectivity index (χ3n) is 5.24. The first kappa shape index (κ1) is 22.7. The largest absolute Gasteiger partial charge is 0.433 e. The molecule has 1 aliphatic heterocycles. The predicted molar refractivity (Wildman–Crippen MR) is 106 cm³/mol. The number of carbonyl (C=O) groups is 2. The van der Waals surface area contributed by atoms with Gasteiger partial charge in [0.05, 0.1) is 24.0 Å². The number of hydrogen-bond acceptors (Lipinski definition) is 4. The molecule has 1 aromatic carbocycles. The number of halogens is 4. The number of benzene rings is 1. The number of anilines is 2. The summed E-state index contributed by atoms with van der Waals surface area (Å²) in [6.45, 7) is 3.03. The Hall–Kier alpha value is -2.95. The molecular weight excluding hydrogens is 418 g/mol. The van der Waals surface area contributed by atoms with Gasteiger partial charge in [-0.25, -0.2) is 4.39 Å². The number of amides is 2. The maximum Gasteiger partial charge on any atom is 0.433 e. The molecule has 2 aromatic rings. The zero-order valence-corrected chi connectivity index (χ0v) is 17.1. The highest BCUT2D eigenvalue weighted by atomic mass is 19.4. The van der Waals surface area contributed by atoms with Crippen molar-refractivity contribution < 1.29 is 27.2 Å². The Kier molecular flexibility index (Phi) is 6.63. The van der Waals surface area contributed by atoms with Gasteiger partial charge in [0.25, 0.3) is 5.91 Å². The van der Waals surface area contributed by atoms with Gasteiger partial charge in [0.15, 0.2) is 5.69 Å². The second-order valence-corrected chi connectivity index (χ2v) is 7.54. The molecule has 1 fully saturated rings. The van der Waals surface area contributed by atoms with Crippen LogP contribution >= 0.6 is 0 Å². The van der Waals surface area contributed by atoms with Crippen LogP contribution in [0.5, 0.6) is 0 Å². The fourth-order valence-corrected chi connectivity index (χ4v) is 3.61. The number of rotatable bonds is 5. The van der Waals surface area contributed by atoms with Crippen molar-refractivity contribution >= 4 is 23.2 Å². The lowest BCUT2D eigenvalue weighted by molar-refractivity contribution is -0.144. The zero-order chi connectivity index (χ0) is 22.8. The minimum absolute atomic E-state index is 0.171. The third-order valence-corrected chi connectivity index (χ3v) is 5.24. The topological polar surface area (TPSA) is 79.3 Å². The summed E-state index contributed by atoms with van der Waals surface area (Å²) in [6.07, 6.45) is -0.903. The number of aryl methyl sites for hydroxylation is 1. The SMILES string of the molecule is CC1CCCCN1CC(=O)Nc1ccc(F)c(NC(=O)c2cnn(C)c2C(F)(F)F)c1. The van der Waals surface area contributed by atoms with Crippen LogP contribution in [0.4, 0.5) is 28.9 Å². The predicted octanol–water partition coefficient (Wildman–Crippen LogP) is 3.64. The Morgan fingerprint density at radius 3 is 2.65 bits per heavy atom. The number of nitrogens with one attached hydrogen (secondary N) is 2. The number of nitrogens with zero attached hydrogens (tertiary/aromatic N) is 3. The van der Waals surface area contributed by atoms with Crippen molar-refractivity contribution in [2.24, 2.45) is 7.05 Å². The minimum atomic E-state index is -4.81. The molecule has 0 spiro atoms. The lowest BCUT2D eigenvalue weighted by Crippen LogP contribution is -2.42. The molecule has 1 aliphatic rings. The van der Waals surface area contributed by atoms with Crippen LogP contribution in [0.1, 0.15) is 42.2 Å². The van der Waals surface area contributed by atoms with E-state index in [1.54, 1.807) is 0 Å². The van der Waals surface area contributed by atoms with E-state index in [9.17, 15) is 27.2 Å². The van der Waals surface area contributed by atoms with Gasteiger partial charge in [0.2, 0.25) is 5.91 Å². The Balaban J connectivity index is 1.71. The molecule has 0 radical (unpaired) electrons. The van der Waals surface area contributed by atoms with E-state index in [4.69, 9.17) is 0 Å². The van der Waals surface area contributed by atoms with Crippen LogP contribution in [0, 0.1) is 5.82 Å². The maximum atomic E-state index is 14.2. The summed E-state index contributed by atoms with van der Waals surface area (Å²) in [5.74, 6) is -2.32. The van der Waals surface area contributed by atoms with Crippen molar-refractivity contribution in [2.75, 3.05) is 23.7 Å². The quantitative estimate of drug-likeness (QED) is 0.695. The highest BCUT2D eigenvalue weighted by molar-refractivity contribution is 6.05. The van der Waals surface area contributed by atoms with Crippen molar-refractivity contribution in [3.8, 4) is 0 Å². The van der Waals surface area contributed by atoms with E-state index >= 15 is 0 Å². The van der Waals surface area contributed by atoms with Gasteiger partial charge in [-0.05, 0) is 44.5 Å². The van der Waals surface area contributed by atoms with Crippen LogP contribution in [-0.2, 0) is 18.0 Å². The summed E-state index contributed by atoms with van der Waals surface area (Å²) < 4.78 is 54.2. The molecule has 1 saturated heterocycles. The number of alkyl halides is 3. The fourth-order valence-electron chi connectivity index (χ4n) is 3.61. The summed E-state index contributed by atoms with van der Waals surface area (Å²) in [7, 11) is 1.06. The van der Waals surface area contributed by atoms with Gasteiger partial charge in [-0.1, -0.05) is 6.42 Å². The average Bonchev–Trinajstić information content (AvgIpc) is 3.08. The molecule has 2 amide bonds. The van der Waals surface area contributed by atoms with Crippen molar-refractivity contribution in [3.63, 3.8) is 0 Å². The molecule has 1 aromatic heterocycles. The highest BCUT2D eigenvalue weighted by Gasteiger charge is 2.39. The van der Waals surface area contributed by atoms with Crippen molar-refractivity contribution in [1.29, 1.82) is 0 Å². The van der Waals surface area contributed by atoms with Gasteiger partial charge in [0.1, 0.15) is 5.82 Å². The summed E-state index contributed by atoms with van der Waals surface area (Å²) >= 11 is 0. The van der Waals surface area contributed by atoms with Crippen molar-refractivity contribution in [3.05, 3.63) is 41.5 Å². The minimum Gasteiger partial charge on any atom is -0.325 e. The van der Waals surface area contributed by atoms with Crippen molar-refractivity contribution in [1.82, 2.24) is 14.7 Å². The lowest BCUT2D eigenvalue weighted by atomic mass is 10.0. The molecule has 1 atom stereocenters. The van der Waals surface area contributed by atoms with Crippen LogP contribution in [0.3, 0.4) is 0 Å². The number of aromatic nitrogens is 2. The van der Waals surface area contributed by atoms with E-state index in [-0.39, 0.29) is 29.9 Å². The normalized spacial score (nSPS) is 17.4. The fraction of sp³-hybridized carbons (Fsp3) is 0.450. The Bertz CT molecular complexity index is 973. The zero-order valence-electron chi connectivity index (χ0n) is 17.1. The van der Waals surface area contributed by atoms with Gasteiger partial charge >= 0.3 is 6.18 Å². The van der Waals surface area contributed by atoms with Crippen molar-refractivity contribution in [2.45, 2.75) is 38.4 Å². The van der Waals surface area contributed by atoms with E-state index in [1.165, 1.54) is 6.07 Å². The summed E-state index contributed by atoms with van der Waals surface area (Å²) in [5, 5.41) is 8.23. The molecule has 2 heterocycles. The average molecular weight is 441 g/mol. The van der Waals surface area contributed by atoms with Crippen LogP contribution in [0.15, 0.2) is 24.4 Å². The van der Waals surface area contributed by atoms with Gasteiger partial charge in [-0.2, -0.15) is 18.3 Å². The first-order chi connectivity index (χ1) is 14.6. The van der Waals surface area contributed by atoms with E-state index in [0.717, 1.165) is 51.2 Å². The summed E-state index contributed by atoms with van der Waals surface area (Å²) in [4.78, 5) is 26.8. The van der Waals surface area contributed by atoms with Crippen LogP contribution < -0.4 is 10.6 Å². The number of hydrogen-bond donors (Lipinski definition) is 2. The molecule has 0 bridgehead atoms. The standard InChI is InChI=1S/C20H23F4N5O2/c1-12-5-3-4-8-29(12)11-17(30)26-13-6-7-15(21)16(9-13)27-19(31)14-10-25-28(2)18(14)20(22,23)24/h6-7,9-10,12H,3-5,8,11H2,1-2H3,(H,26,30)(H,27,31). The number of likely N-dealkylation sites (tertiary alicyclic amines) is 1. The Morgan fingerprint density at radius 2 is 1.97 bits per heavy atom. The molecule has 31 heavy (non-hydrogen) atoms. The van der Waals surface area contributed by atoms with Crippen LogP contribution in [0.25, 0.3) is 0 Å². The molecule has 11 heteroatoms. The monoisotopic (exact) mass is 441 g/mol. The first-order valence-electron chi connectivity index (χ1n) is 9.80. The maximum absolute atomic E-state index is 14.2. The molecule has 0 aliphatic carbocycles. The van der Waals surface area contributed by atoms with Crippen LogP contribution in [0.2, 0.25) is 0 Å². The molecule has 168 valence electrons. The first-order valence-corrected chi connectivity index (χ1v) is 9.80. The third kappa shape index (κ3) is 5.40. The molecule has 7 nitrogen and oxygen atoms in total. The molecular formula is C20H23F4N5O2. The van der Waals surface area contributed by atoms with Gasteiger partial charge in [-0.3, -0.25) is 19.2 Å². The Morgan fingerprint density at radius 1 is 1.23 bits per heavy atom. The molecule has 2 N–H and O–H groups in total. The Labute approximate surface area is 176 Å². The highest BCUT2D eigenvalue weighted by Crippen LogP contribution is 2.32. The van der Waals surface area contributed by atoms with Crippen LogP contribution in [-0.4, -0.2) is 45.6 Å². The van der Waals surface area contributed by atoms with E-state index in [1.807, 2.05) is 11.8 Å². The van der Waals surface area contributed by atoms with E-state index in [0.29, 0.717) is 4.68 Å². The second kappa shape index (κ2) is 9.04. The summed E-state index contributed by atoms with van der Waals surface area (Å²) in [5.41, 5.74) is -2.12.